The molecule has 2 aromatic carbocycles. The molecule has 0 bridgehead atoms. The maximum Gasteiger partial charge on any atom is 0.269 e. The van der Waals surface area contributed by atoms with Crippen LogP contribution in [0.2, 0.25) is 0 Å². The van der Waals surface area contributed by atoms with Crippen LogP contribution in [-0.4, -0.2) is 23.3 Å². The van der Waals surface area contributed by atoms with E-state index in [1.165, 1.54) is 47.4 Å². The van der Waals surface area contributed by atoms with E-state index in [1.807, 2.05) is 0 Å². The van der Waals surface area contributed by atoms with Crippen molar-refractivity contribution in [3.63, 3.8) is 0 Å². The van der Waals surface area contributed by atoms with E-state index in [-0.39, 0.29) is 5.69 Å². The molecule has 0 spiro atoms. The van der Waals surface area contributed by atoms with E-state index in [0.717, 1.165) is 0 Å². The number of rotatable bonds is 4. The summed E-state index contributed by atoms with van der Waals surface area (Å²) in [6, 6.07) is 9.14. The number of hydrogen-bond donors (Lipinski definition) is 1. The van der Waals surface area contributed by atoms with E-state index < -0.39 is 28.5 Å². The van der Waals surface area contributed by atoms with Crippen molar-refractivity contribution >= 4 is 28.9 Å². The lowest BCUT2D eigenvalue weighted by molar-refractivity contribution is -0.384. The average molecular weight is 343 g/mol. The predicted octanol–water partition coefficient (Wildman–Crippen LogP) is 2.82. The zero-order valence-electron chi connectivity index (χ0n) is 13.2. The largest absolute Gasteiger partial charge is 0.325 e. The van der Waals surface area contributed by atoms with Gasteiger partial charge in [-0.15, -0.1) is 0 Å². The predicted molar refractivity (Wildman–Crippen MR) is 88.9 cm³/mol. The number of likely N-dealkylation sites (N-methyl/N-ethyl adjacent to an activating group) is 1. The van der Waals surface area contributed by atoms with Crippen molar-refractivity contribution in [2.24, 2.45) is 0 Å². The molecule has 128 valence electrons. The maximum atomic E-state index is 13.0. The molecule has 1 N–H and O–H groups in total. The van der Waals surface area contributed by atoms with Gasteiger partial charge in [-0.2, -0.15) is 0 Å². The first-order valence-corrected chi connectivity index (χ1v) is 7.58. The standard InChI is InChI=1S/C17H14FN3O4/c1-2-20-14-8-7-12(21(24)25)9-13(14)15(17(20)23)16(22)19-11-5-3-10(18)4-6-11/h3-9,15H,2H2,1H3,(H,19,22). The van der Waals surface area contributed by atoms with Crippen LogP contribution >= 0.6 is 0 Å². The van der Waals surface area contributed by atoms with Gasteiger partial charge < -0.3 is 10.2 Å². The molecule has 1 heterocycles. The van der Waals surface area contributed by atoms with Crippen LogP contribution in [0.1, 0.15) is 18.4 Å². The third-order valence-corrected chi connectivity index (χ3v) is 4.03. The topological polar surface area (TPSA) is 92.6 Å². The molecule has 0 fully saturated rings. The van der Waals surface area contributed by atoms with Gasteiger partial charge in [-0.25, -0.2) is 4.39 Å². The first kappa shape index (κ1) is 16.6. The molecule has 0 aromatic heterocycles. The second-order valence-electron chi connectivity index (χ2n) is 5.51. The summed E-state index contributed by atoms with van der Waals surface area (Å²) in [5, 5.41) is 13.6. The number of benzene rings is 2. The number of carbonyl (C=O) groups is 2. The lowest BCUT2D eigenvalue weighted by Gasteiger charge is -2.15. The number of fused-ring (bicyclic) bond motifs is 1. The lowest BCUT2D eigenvalue weighted by Crippen LogP contribution is -2.33. The van der Waals surface area contributed by atoms with Crippen molar-refractivity contribution < 1.29 is 18.9 Å². The number of nitrogens with zero attached hydrogens (tertiary/aromatic N) is 2. The molecule has 2 aromatic rings. The summed E-state index contributed by atoms with van der Waals surface area (Å²) in [5.74, 6) is -2.69. The Morgan fingerprint density at radius 3 is 2.56 bits per heavy atom. The van der Waals surface area contributed by atoms with Crippen molar-refractivity contribution in [3.8, 4) is 0 Å². The van der Waals surface area contributed by atoms with Crippen molar-refractivity contribution in [1.82, 2.24) is 0 Å². The highest BCUT2D eigenvalue weighted by Gasteiger charge is 2.42. The number of anilines is 2. The lowest BCUT2D eigenvalue weighted by atomic mass is 9.99. The number of halogens is 1. The molecule has 1 unspecified atom stereocenters. The summed E-state index contributed by atoms with van der Waals surface area (Å²) >= 11 is 0. The van der Waals surface area contributed by atoms with Gasteiger partial charge in [0.05, 0.1) is 4.92 Å². The second kappa shape index (κ2) is 6.31. The molecular formula is C17H14FN3O4. The number of nitro benzene ring substituents is 1. The fourth-order valence-electron chi connectivity index (χ4n) is 2.87. The molecule has 1 aliphatic heterocycles. The molecule has 0 radical (unpaired) electrons. The van der Waals surface area contributed by atoms with Gasteiger partial charge in [-0.1, -0.05) is 0 Å². The Kier molecular flexibility index (Phi) is 4.18. The van der Waals surface area contributed by atoms with Crippen molar-refractivity contribution in [2.75, 3.05) is 16.8 Å². The van der Waals surface area contributed by atoms with Gasteiger partial charge in [-0.05, 0) is 37.3 Å². The Balaban J connectivity index is 1.97. The maximum absolute atomic E-state index is 13.0. The van der Waals surface area contributed by atoms with Gasteiger partial charge in [0.15, 0.2) is 0 Å². The van der Waals surface area contributed by atoms with Gasteiger partial charge >= 0.3 is 0 Å². The van der Waals surface area contributed by atoms with Crippen LogP contribution in [0, 0.1) is 15.9 Å². The Morgan fingerprint density at radius 2 is 1.96 bits per heavy atom. The summed E-state index contributed by atoms with van der Waals surface area (Å²) in [4.78, 5) is 37.0. The Bertz CT molecular complexity index is 867. The molecule has 25 heavy (non-hydrogen) atoms. The minimum atomic E-state index is -1.18. The third-order valence-electron chi connectivity index (χ3n) is 4.03. The van der Waals surface area contributed by atoms with Crippen LogP contribution in [-0.2, 0) is 9.59 Å². The smallest absolute Gasteiger partial charge is 0.269 e. The van der Waals surface area contributed by atoms with E-state index in [4.69, 9.17) is 0 Å². The molecule has 7 nitrogen and oxygen atoms in total. The molecule has 1 aliphatic rings. The highest BCUT2D eigenvalue weighted by atomic mass is 19.1. The van der Waals surface area contributed by atoms with E-state index in [1.54, 1.807) is 6.92 Å². The summed E-state index contributed by atoms with van der Waals surface area (Å²) in [5.41, 5.74) is 0.920. The number of amides is 2. The zero-order valence-corrected chi connectivity index (χ0v) is 13.2. The first-order chi connectivity index (χ1) is 11.9. The summed E-state index contributed by atoms with van der Waals surface area (Å²) in [7, 11) is 0. The zero-order chi connectivity index (χ0) is 18.1. The summed E-state index contributed by atoms with van der Waals surface area (Å²) < 4.78 is 13.0. The van der Waals surface area contributed by atoms with Crippen LogP contribution in [0.3, 0.4) is 0 Å². The van der Waals surface area contributed by atoms with E-state index in [2.05, 4.69) is 5.32 Å². The normalized spacial score (nSPS) is 15.8. The van der Waals surface area contributed by atoms with Gasteiger partial charge in [0.1, 0.15) is 11.7 Å². The van der Waals surface area contributed by atoms with E-state index >= 15 is 0 Å². The summed E-state index contributed by atoms with van der Waals surface area (Å²) in [6.45, 7) is 2.09. The monoisotopic (exact) mass is 343 g/mol. The molecule has 0 saturated heterocycles. The van der Waals surface area contributed by atoms with Crippen LogP contribution < -0.4 is 10.2 Å². The van der Waals surface area contributed by atoms with Gasteiger partial charge in [0, 0.05) is 35.6 Å². The van der Waals surface area contributed by atoms with Crippen LogP contribution in [0.5, 0.6) is 0 Å². The Morgan fingerprint density at radius 1 is 1.28 bits per heavy atom. The number of carbonyl (C=O) groups excluding carboxylic acids is 2. The first-order valence-electron chi connectivity index (χ1n) is 7.58. The Labute approximate surface area is 142 Å². The molecule has 1 atom stereocenters. The number of hydrogen-bond acceptors (Lipinski definition) is 4. The minimum absolute atomic E-state index is 0.191. The third kappa shape index (κ3) is 2.93. The minimum Gasteiger partial charge on any atom is -0.325 e. The number of nitrogens with one attached hydrogen (secondary N) is 1. The van der Waals surface area contributed by atoms with Crippen LogP contribution in [0.15, 0.2) is 42.5 Å². The quantitative estimate of drug-likeness (QED) is 0.525. The van der Waals surface area contributed by atoms with Crippen LogP contribution in [0.4, 0.5) is 21.5 Å². The molecule has 0 aliphatic carbocycles. The number of non-ortho nitro benzene ring substituents is 1. The van der Waals surface area contributed by atoms with Gasteiger partial charge in [0.25, 0.3) is 5.69 Å². The second-order valence-corrected chi connectivity index (χ2v) is 5.51. The van der Waals surface area contributed by atoms with Gasteiger partial charge in [0.2, 0.25) is 11.8 Å². The highest BCUT2D eigenvalue weighted by Crippen LogP contribution is 2.39. The van der Waals surface area contributed by atoms with Gasteiger partial charge in [-0.3, -0.25) is 19.7 Å². The number of nitro groups is 1. The van der Waals surface area contributed by atoms with E-state index in [9.17, 15) is 24.1 Å². The summed E-state index contributed by atoms with van der Waals surface area (Å²) in [6.07, 6.45) is 0. The molecule has 0 saturated carbocycles. The van der Waals surface area contributed by atoms with Crippen molar-refractivity contribution in [3.05, 3.63) is 64.0 Å². The van der Waals surface area contributed by atoms with Crippen molar-refractivity contribution in [2.45, 2.75) is 12.8 Å². The fourth-order valence-corrected chi connectivity index (χ4v) is 2.87. The molecule has 8 heteroatoms. The van der Waals surface area contributed by atoms with Crippen molar-refractivity contribution in [1.29, 1.82) is 0 Å². The molecule has 3 rings (SSSR count). The van der Waals surface area contributed by atoms with E-state index in [0.29, 0.717) is 23.5 Å². The molecule has 2 amide bonds. The highest BCUT2D eigenvalue weighted by molar-refractivity contribution is 6.20. The average Bonchev–Trinajstić information content (AvgIpc) is 2.87. The fraction of sp³-hybridized carbons (Fsp3) is 0.176. The molecular weight excluding hydrogens is 329 g/mol. The Hall–Kier alpha value is -3.29. The van der Waals surface area contributed by atoms with Crippen LogP contribution in [0.25, 0.3) is 0 Å². The SMILES string of the molecule is CCN1C(=O)C(C(=O)Nc2ccc(F)cc2)c2cc([N+](=O)[O-])ccc21.